The second-order valence-electron chi connectivity index (χ2n) is 17.9. The monoisotopic (exact) mass is 755 g/mol. The summed E-state index contributed by atoms with van der Waals surface area (Å²) < 4.78 is 4.95. The first-order valence-corrected chi connectivity index (χ1v) is 23.9. The lowest BCUT2D eigenvalue weighted by molar-refractivity contribution is 0.538. The molecule has 6 rings (SSSR count). The van der Waals surface area contributed by atoms with E-state index in [1.54, 1.807) is 0 Å². The SMILES string of the molecule is CCCCCCCCCCCCCCCc1cc2cc3ccc4c5cc6c(cc(CCCCCCCCCCCCCCC)n6C)cc5ccc4c3cc2n1C. The van der Waals surface area contributed by atoms with Crippen molar-refractivity contribution < 1.29 is 0 Å². The van der Waals surface area contributed by atoms with Crippen LogP contribution in [0.15, 0.2) is 60.7 Å². The van der Waals surface area contributed by atoms with Gasteiger partial charge in [0.1, 0.15) is 0 Å². The lowest BCUT2D eigenvalue weighted by Crippen LogP contribution is -1.96. The molecule has 2 aromatic heterocycles. The van der Waals surface area contributed by atoms with Crippen LogP contribution in [0.2, 0.25) is 0 Å². The van der Waals surface area contributed by atoms with Gasteiger partial charge in [0.25, 0.3) is 0 Å². The summed E-state index contributed by atoms with van der Waals surface area (Å²) >= 11 is 0. The lowest BCUT2D eigenvalue weighted by atomic mass is 9.95. The predicted molar refractivity (Wildman–Crippen MR) is 251 cm³/mol. The highest BCUT2D eigenvalue weighted by Crippen LogP contribution is 2.36. The molecule has 4 aromatic carbocycles. The third kappa shape index (κ3) is 11.4. The predicted octanol–water partition coefficient (Wildman–Crippen LogP) is 17.4. The molecular weight excluding hydrogens is 677 g/mol. The van der Waals surface area contributed by atoms with E-state index < -0.39 is 0 Å². The average Bonchev–Trinajstić information content (AvgIpc) is 3.69. The van der Waals surface area contributed by atoms with Gasteiger partial charge in [-0.25, -0.2) is 0 Å². The molecule has 0 spiro atoms. The van der Waals surface area contributed by atoms with Crippen molar-refractivity contribution in [3.05, 3.63) is 72.1 Å². The fourth-order valence-electron chi connectivity index (χ4n) is 9.78. The van der Waals surface area contributed by atoms with Crippen LogP contribution in [0.4, 0.5) is 0 Å². The normalized spacial score (nSPS) is 12.1. The van der Waals surface area contributed by atoms with Crippen molar-refractivity contribution >= 4 is 54.1 Å². The Bertz CT molecular complexity index is 1920. The molecule has 0 unspecified atom stereocenters. The van der Waals surface area contributed by atoms with Gasteiger partial charge in [-0.2, -0.15) is 0 Å². The third-order valence-corrected chi connectivity index (χ3v) is 13.4. The lowest BCUT2D eigenvalue weighted by Gasteiger charge is -2.10. The van der Waals surface area contributed by atoms with Gasteiger partial charge in [-0.05, 0) is 94.4 Å². The molecule has 2 nitrogen and oxygen atoms in total. The van der Waals surface area contributed by atoms with E-state index in [1.165, 1.54) is 245 Å². The molecule has 0 aliphatic carbocycles. The maximum atomic E-state index is 2.47. The van der Waals surface area contributed by atoms with Gasteiger partial charge in [-0.1, -0.05) is 192 Å². The molecule has 0 radical (unpaired) electrons. The Kier molecular flexibility index (Phi) is 17.1. The van der Waals surface area contributed by atoms with Gasteiger partial charge in [0.05, 0.1) is 0 Å². The van der Waals surface area contributed by atoms with Crippen molar-refractivity contribution in [2.45, 2.75) is 194 Å². The summed E-state index contributed by atoms with van der Waals surface area (Å²) in [4.78, 5) is 0. The Morgan fingerprint density at radius 3 is 0.929 bits per heavy atom. The van der Waals surface area contributed by atoms with Crippen LogP contribution in [0, 0.1) is 0 Å². The highest BCUT2D eigenvalue weighted by molar-refractivity contribution is 6.20. The second-order valence-corrected chi connectivity index (χ2v) is 17.9. The van der Waals surface area contributed by atoms with Crippen LogP contribution in [-0.2, 0) is 26.9 Å². The Morgan fingerprint density at radius 1 is 0.304 bits per heavy atom. The highest BCUT2D eigenvalue weighted by atomic mass is 14.9. The van der Waals surface area contributed by atoms with Crippen molar-refractivity contribution in [1.82, 2.24) is 9.13 Å². The fourth-order valence-corrected chi connectivity index (χ4v) is 9.78. The molecule has 0 saturated heterocycles. The quantitative estimate of drug-likeness (QED) is 0.0349. The number of fused-ring (bicyclic) bond motifs is 7. The first-order valence-electron chi connectivity index (χ1n) is 23.9. The van der Waals surface area contributed by atoms with E-state index in [0.29, 0.717) is 0 Å². The smallest absolute Gasteiger partial charge is 0.0486 e. The molecule has 56 heavy (non-hydrogen) atoms. The van der Waals surface area contributed by atoms with E-state index in [2.05, 4.69) is 97.7 Å². The number of benzene rings is 4. The maximum Gasteiger partial charge on any atom is 0.0486 e. The van der Waals surface area contributed by atoms with Gasteiger partial charge in [0, 0.05) is 47.3 Å². The van der Waals surface area contributed by atoms with E-state index in [-0.39, 0.29) is 0 Å². The topological polar surface area (TPSA) is 9.86 Å². The summed E-state index contributed by atoms with van der Waals surface area (Å²) in [6.07, 6.45) is 39.0. The molecule has 2 heteroatoms. The molecule has 6 aromatic rings. The molecule has 0 atom stereocenters. The maximum absolute atomic E-state index is 2.47. The minimum Gasteiger partial charge on any atom is -0.348 e. The zero-order chi connectivity index (χ0) is 39.0. The van der Waals surface area contributed by atoms with Crippen molar-refractivity contribution in [2.75, 3.05) is 0 Å². The molecule has 0 bridgehead atoms. The summed E-state index contributed by atoms with van der Waals surface area (Å²) in [5.41, 5.74) is 5.69. The molecule has 0 N–H and O–H groups in total. The number of hydrogen-bond acceptors (Lipinski definition) is 0. The summed E-state index contributed by atoms with van der Waals surface area (Å²) in [5, 5.41) is 11.0. The van der Waals surface area contributed by atoms with E-state index in [0.717, 1.165) is 0 Å². The number of aromatic nitrogens is 2. The zero-order valence-corrected chi connectivity index (χ0v) is 36.5. The van der Waals surface area contributed by atoms with E-state index in [1.807, 2.05) is 0 Å². The molecule has 0 aliphatic rings. The average molecular weight is 755 g/mol. The molecule has 2 heterocycles. The van der Waals surface area contributed by atoms with Gasteiger partial charge >= 0.3 is 0 Å². The fraction of sp³-hybridized carbons (Fsp3) is 0.593. The van der Waals surface area contributed by atoms with E-state index in [9.17, 15) is 0 Å². The van der Waals surface area contributed by atoms with E-state index in [4.69, 9.17) is 0 Å². The van der Waals surface area contributed by atoms with Crippen LogP contribution in [-0.4, -0.2) is 9.13 Å². The van der Waals surface area contributed by atoms with Crippen LogP contribution in [0.5, 0.6) is 0 Å². The number of unbranched alkanes of at least 4 members (excludes halogenated alkanes) is 24. The molecule has 0 saturated carbocycles. The van der Waals surface area contributed by atoms with Crippen LogP contribution in [0.25, 0.3) is 54.1 Å². The van der Waals surface area contributed by atoms with Gasteiger partial charge in [-0.15, -0.1) is 0 Å². The summed E-state index contributed by atoms with van der Waals surface area (Å²) in [7, 11) is 4.57. The van der Waals surface area contributed by atoms with Gasteiger partial charge < -0.3 is 9.13 Å². The summed E-state index contributed by atoms with van der Waals surface area (Å²) in [5.74, 6) is 0. The van der Waals surface area contributed by atoms with Gasteiger partial charge in [0.15, 0.2) is 0 Å². The minimum absolute atomic E-state index is 1.18. The number of aryl methyl sites for hydroxylation is 4. The van der Waals surface area contributed by atoms with Crippen molar-refractivity contribution in [3.8, 4) is 0 Å². The largest absolute Gasteiger partial charge is 0.348 e. The summed E-state index contributed by atoms with van der Waals surface area (Å²) in [6.45, 7) is 4.61. The Hall–Kier alpha value is -3.26. The first kappa shape index (κ1) is 42.3. The number of hydrogen-bond donors (Lipinski definition) is 0. The van der Waals surface area contributed by atoms with Crippen molar-refractivity contribution in [2.24, 2.45) is 14.1 Å². The Balaban J connectivity index is 1.01. The highest BCUT2D eigenvalue weighted by Gasteiger charge is 2.13. The van der Waals surface area contributed by atoms with Crippen LogP contribution < -0.4 is 0 Å². The minimum atomic E-state index is 1.18. The Morgan fingerprint density at radius 2 is 0.607 bits per heavy atom. The number of nitrogens with zero attached hydrogens (tertiary/aromatic N) is 2. The second kappa shape index (κ2) is 22.6. The van der Waals surface area contributed by atoms with Crippen LogP contribution in [0.1, 0.15) is 192 Å². The first-order chi connectivity index (χ1) is 27.6. The molecule has 0 fully saturated rings. The Labute approximate surface area is 341 Å². The standard InChI is InChI=1S/C54H78N2/c1-5-7-9-11-13-15-17-19-21-23-25-27-29-31-47-39-45-37-43-33-35-50-49(51(43)41-53(45)55(47)3)36-34-44-38-46-40-48(56(4)54(46)42-52(44)50)32-30-28-26-24-22-20-18-16-14-12-10-8-6-2/h33-42H,5-32H2,1-4H3. The van der Waals surface area contributed by atoms with Crippen molar-refractivity contribution in [1.29, 1.82) is 0 Å². The third-order valence-electron chi connectivity index (χ3n) is 13.4. The van der Waals surface area contributed by atoms with Gasteiger partial charge in [0.2, 0.25) is 0 Å². The van der Waals surface area contributed by atoms with Crippen molar-refractivity contribution in [3.63, 3.8) is 0 Å². The van der Waals surface area contributed by atoms with Gasteiger partial charge in [-0.3, -0.25) is 0 Å². The number of rotatable bonds is 28. The molecule has 0 amide bonds. The summed E-state index contributed by atoms with van der Waals surface area (Å²) in [6, 6.07) is 24.2. The zero-order valence-electron chi connectivity index (χ0n) is 36.5. The molecule has 304 valence electrons. The van der Waals surface area contributed by atoms with E-state index >= 15 is 0 Å². The molecule has 0 aliphatic heterocycles. The van der Waals surface area contributed by atoms with Crippen LogP contribution >= 0.6 is 0 Å². The molecular formula is C54H78N2. The van der Waals surface area contributed by atoms with Crippen LogP contribution in [0.3, 0.4) is 0 Å².